The molecule has 0 unspecified atom stereocenters. The summed E-state index contributed by atoms with van der Waals surface area (Å²) in [6, 6.07) is 0. The van der Waals surface area contributed by atoms with E-state index in [0.29, 0.717) is 0 Å². The van der Waals surface area contributed by atoms with Crippen molar-refractivity contribution in [3.05, 3.63) is 0 Å². The molecule has 0 heterocycles. The largest absolute Gasteiger partial charge is 0.383 e. The molecule has 1 N–H and O–H groups in total. The van der Waals surface area contributed by atoms with Crippen molar-refractivity contribution in [2.45, 2.75) is 19.3 Å². The van der Waals surface area contributed by atoms with E-state index in [-0.39, 0.29) is 0 Å². The maximum absolute atomic E-state index is 5.02. The molecule has 0 aliphatic heterocycles. The van der Waals surface area contributed by atoms with Gasteiger partial charge in [0.25, 0.3) is 0 Å². The zero-order valence-electron chi connectivity index (χ0n) is 5.11. The molecule has 8 heavy (non-hydrogen) atoms. The van der Waals surface area contributed by atoms with Crippen LogP contribution in [0.5, 0.6) is 0 Å². The molecule has 1 nitrogen and oxygen atoms in total. The van der Waals surface area contributed by atoms with E-state index in [1.54, 1.807) is 0 Å². The van der Waals surface area contributed by atoms with Gasteiger partial charge in [-0.05, 0) is 12.8 Å². The summed E-state index contributed by atoms with van der Waals surface area (Å²) in [4.78, 5) is 1.05. The maximum atomic E-state index is 5.02. The third kappa shape index (κ3) is 0.996. The summed E-state index contributed by atoms with van der Waals surface area (Å²) >= 11 is 5.02. The first kappa shape index (κ1) is 6.02. The van der Waals surface area contributed by atoms with Crippen LogP contribution in [0.15, 0.2) is 0 Å². The number of hydrogen-bond donors (Lipinski definition) is 1. The fraction of sp³-hybridized carbons (Fsp3) is 0.833. The van der Waals surface area contributed by atoms with Gasteiger partial charge in [-0.3, -0.25) is 0 Å². The predicted molar refractivity (Wildman–Crippen MR) is 39.0 cm³/mol. The highest BCUT2D eigenvalue weighted by molar-refractivity contribution is 7.80. The molecule has 0 aromatic carbocycles. The van der Waals surface area contributed by atoms with Crippen LogP contribution >= 0.6 is 12.2 Å². The molecular weight excluding hydrogens is 118 g/mol. The van der Waals surface area contributed by atoms with E-state index in [2.05, 4.69) is 5.32 Å². The average molecular weight is 129 g/mol. The van der Waals surface area contributed by atoms with Gasteiger partial charge in [0, 0.05) is 13.0 Å². The molecule has 0 radical (unpaired) electrons. The molecule has 1 rings (SSSR count). The molecule has 0 amide bonds. The predicted octanol–water partition coefficient (Wildman–Crippen LogP) is 1.33. The van der Waals surface area contributed by atoms with Gasteiger partial charge in [-0.15, -0.1) is 0 Å². The SMILES string of the molecule is CNC(=S)C1CCC1. The van der Waals surface area contributed by atoms with Crippen LogP contribution in [0.1, 0.15) is 19.3 Å². The third-order valence-electron chi connectivity index (χ3n) is 1.72. The lowest BCUT2D eigenvalue weighted by molar-refractivity contribution is 0.411. The summed E-state index contributed by atoms with van der Waals surface area (Å²) in [5.41, 5.74) is 0. The summed E-state index contributed by atoms with van der Waals surface area (Å²) in [7, 11) is 1.90. The van der Waals surface area contributed by atoms with Gasteiger partial charge in [0.2, 0.25) is 0 Å². The summed E-state index contributed by atoms with van der Waals surface area (Å²) in [5, 5.41) is 3.00. The van der Waals surface area contributed by atoms with Gasteiger partial charge >= 0.3 is 0 Å². The van der Waals surface area contributed by atoms with Crippen LogP contribution in [-0.4, -0.2) is 12.0 Å². The normalized spacial score (nSPS) is 19.6. The highest BCUT2D eigenvalue weighted by Crippen LogP contribution is 2.26. The second kappa shape index (κ2) is 2.44. The molecular formula is C6H11NS. The van der Waals surface area contributed by atoms with E-state index >= 15 is 0 Å². The quantitative estimate of drug-likeness (QED) is 0.536. The number of hydrogen-bond acceptors (Lipinski definition) is 1. The molecule has 0 spiro atoms. The first-order chi connectivity index (χ1) is 3.84. The molecule has 2 heteroatoms. The van der Waals surface area contributed by atoms with Gasteiger partial charge in [-0.25, -0.2) is 0 Å². The molecule has 0 aromatic rings. The first-order valence-electron chi connectivity index (χ1n) is 3.06. The molecule has 0 bridgehead atoms. The lowest BCUT2D eigenvalue weighted by atomic mass is 9.85. The zero-order valence-corrected chi connectivity index (χ0v) is 5.92. The summed E-state index contributed by atoms with van der Waals surface area (Å²) in [6.07, 6.45) is 3.98. The van der Waals surface area contributed by atoms with Crippen LogP contribution in [0.4, 0.5) is 0 Å². The Balaban J connectivity index is 2.24. The monoisotopic (exact) mass is 129 g/mol. The third-order valence-corrected chi connectivity index (χ3v) is 2.26. The highest BCUT2D eigenvalue weighted by atomic mass is 32.1. The van der Waals surface area contributed by atoms with Crippen LogP contribution < -0.4 is 5.32 Å². The maximum Gasteiger partial charge on any atom is 0.0782 e. The molecule has 1 aliphatic rings. The van der Waals surface area contributed by atoms with Gasteiger partial charge in [-0.1, -0.05) is 18.6 Å². The van der Waals surface area contributed by atoms with Crippen LogP contribution in [0.25, 0.3) is 0 Å². The Hall–Kier alpha value is -0.110. The van der Waals surface area contributed by atoms with Gasteiger partial charge in [0.1, 0.15) is 0 Å². The minimum atomic E-state index is 0.718. The Morgan fingerprint density at radius 1 is 1.62 bits per heavy atom. The van der Waals surface area contributed by atoms with Crippen molar-refractivity contribution in [2.75, 3.05) is 7.05 Å². The molecule has 46 valence electrons. The van der Waals surface area contributed by atoms with Crippen LogP contribution in [-0.2, 0) is 0 Å². The molecule has 0 atom stereocenters. The molecule has 0 aromatic heterocycles. The van der Waals surface area contributed by atoms with E-state index < -0.39 is 0 Å². The molecule has 1 saturated carbocycles. The van der Waals surface area contributed by atoms with Gasteiger partial charge in [0.05, 0.1) is 4.99 Å². The van der Waals surface area contributed by atoms with Crippen molar-refractivity contribution in [3.8, 4) is 0 Å². The summed E-state index contributed by atoms with van der Waals surface area (Å²) in [5.74, 6) is 0.718. The van der Waals surface area contributed by atoms with E-state index in [0.717, 1.165) is 10.9 Å². The summed E-state index contributed by atoms with van der Waals surface area (Å²) < 4.78 is 0. The fourth-order valence-corrected chi connectivity index (χ4v) is 1.11. The lowest BCUT2D eigenvalue weighted by Gasteiger charge is -2.25. The van der Waals surface area contributed by atoms with Crippen molar-refractivity contribution in [2.24, 2.45) is 5.92 Å². The Kier molecular flexibility index (Phi) is 1.84. The topological polar surface area (TPSA) is 12.0 Å². The fourth-order valence-electron chi connectivity index (χ4n) is 0.875. The first-order valence-corrected chi connectivity index (χ1v) is 3.47. The smallest absolute Gasteiger partial charge is 0.0782 e. The Morgan fingerprint density at radius 3 is 2.38 bits per heavy atom. The van der Waals surface area contributed by atoms with Crippen molar-refractivity contribution < 1.29 is 0 Å². The van der Waals surface area contributed by atoms with Crippen molar-refractivity contribution in [1.82, 2.24) is 5.32 Å². The van der Waals surface area contributed by atoms with Crippen LogP contribution in [0, 0.1) is 5.92 Å². The van der Waals surface area contributed by atoms with Gasteiger partial charge in [0.15, 0.2) is 0 Å². The van der Waals surface area contributed by atoms with Crippen LogP contribution in [0.3, 0.4) is 0 Å². The van der Waals surface area contributed by atoms with E-state index in [1.165, 1.54) is 19.3 Å². The van der Waals surface area contributed by atoms with Gasteiger partial charge in [-0.2, -0.15) is 0 Å². The molecule has 0 saturated heterocycles. The van der Waals surface area contributed by atoms with E-state index in [9.17, 15) is 0 Å². The Bertz CT molecular complexity index is 96.7. The number of nitrogens with one attached hydrogen (secondary N) is 1. The van der Waals surface area contributed by atoms with E-state index in [1.807, 2.05) is 7.05 Å². The number of thiocarbonyl (C=S) groups is 1. The minimum absolute atomic E-state index is 0.718. The van der Waals surface area contributed by atoms with Crippen molar-refractivity contribution >= 4 is 17.2 Å². The van der Waals surface area contributed by atoms with Gasteiger partial charge < -0.3 is 5.32 Å². The Morgan fingerprint density at radius 2 is 2.25 bits per heavy atom. The average Bonchev–Trinajstić information content (AvgIpc) is 1.62. The zero-order chi connectivity index (χ0) is 5.98. The summed E-state index contributed by atoms with van der Waals surface area (Å²) in [6.45, 7) is 0. The Labute approximate surface area is 55.5 Å². The number of rotatable bonds is 1. The lowest BCUT2D eigenvalue weighted by Crippen LogP contribution is -2.29. The van der Waals surface area contributed by atoms with Crippen LogP contribution in [0.2, 0.25) is 0 Å². The van der Waals surface area contributed by atoms with E-state index in [4.69, 9.17) is 12.2 Å². The standard InChI is InChI=1S/C6H11NS/c1-7-6(8)5-3-2-4-5/h5H,2-4H2,1H3,(H,7,8). The second-order valence-corrected chi connectivity index (χ2v) is 2.68. The second-order valence-electron chi connectivity index (χ2n) is 2.24. The molecule has 1 fully saturated rings. The minimum Gasteiger partial charge on any atom is -0.383 e. The van der Waals surface area contributed by atoms with Crippen molar-refractivity contribution in [3.63, 3.8) is 0 Å². The van der Waals surface area contributed by atoms with Crippen molar-refractivity contribution in [1.29, 1.82) is 0 Å². The highest BCUT2D eigenvalue weighted by Gasteiger charge is 2.20. The molecule has 1 aliphatic carbocycles.